The quantitative estimate of drug-likeness (QED) is 0.280. The smallest absolute Gasteiger partial charge is 0.215 e. The predicted octanol–water partition coefficient (Wildman–Crippen LogP) is 2.25. The van der Waals surface area contributed by atoms with E-state index in [0.717, 1.165) is 5.75 Å². The summed E-state index contributed by atoms with van der Waals surface area (Å²) in [5.41, 5.74) is 0. The summed E-state index contributed by atoms with van der Waals surface area (Å²) in [5, 5.41) is 3.19. The molecule has 0 heterocycles. The van der Waals surface area contributed by atoms with E-state index in [1.807, 2.05) is 63.1 Å². The molecule has 0 atom stereocenters. The van der Waals surface area contributed by atoms with E-state index in [4.69, 9.17) is 4.74 Å². The van der Waals surface area contributed by atoms with E-state index < -0.39 is 10.0 Å². The number of nitrogens with zero attached hydrogens (tertiary/aromatic N) is 3. The molecule has 156 valence electrons. The van der Waals surface area contributed by atoms with Crippen LogP contribution in [-0.4, -0.2) is 75.7 Å². The lowest BCUT2D eigenvalue weighted by atomic mass is 10.3. The van der Waals surface area contributed by atoms with Gasteiger partial charge in [-0.05, 0) is 19.1 Å². The van der Waals surface area contributed by atoms with Crippen LogP contribution in [0.1, 0.15) is 20.8 Å². The monoisotopic (exact) mass is 512 g/mol. The van der Waals surface area contributed by atoms with Gasteiger partial charge in [-0.1, -0.05) is 32.0 Å². The Morgan fingerprint density at radius 2 is 1.78 bits per heavy atom. The highest BCUT2D eigenvalue weighted by molar-refractivity contribution is 14.0. The highest BCUT2D eigenvalue weighted by Gasteiger charge is 2.18. The Labute approximate surface area is 181 Å². The molecule has 0 saturated heterocycles. The molecule has 1 N–H and O–H groups in total. The highest BCUT2D eigenvalue weighted by Crippen LogP contribution is 2.07. The Balaban J connectivity index is 0.00000676. The van der Waals surface area contributed by atoms with E-state index in [-0.39, 0.29) is 36.3 Å². The third-order valence-electron chi connectivity index (χ3n) is 3.84. The van der Waals surface area contributed by atoms with Crippen LogP contribution >= 0.6 is 24.0 Å². The lowest BCUT2D eigenvalue weighted by Crippen LogP contribution is -2.41. The van der Waals surface area contributed by atoms with E-state index in [0.29, 0.717) is 38.7 Å². The van der Waals surface area contributed by atoms with Crippen LogP contribution in [0.25, 0.3) is 0 Å². The van der Waals surface area contributed by atoms with Gasteiger partial charge in [0.05, 0.1) is 18.8 Å². The maximum atomic E-state index is 12.2. The second-order valence-electron chi connectivity index (χ2n) is 5.72. The second-order valence-corrected chi connectivity index (χ2v) is 7.81. The molecule has 1 aromatic rings. The molecule has 0 amide bonds. The molecule has 0 radical (unpaired) electrons. The maximum Gasteiger partial charge on any atom is 0.215 e. The molecular weight excluding hydrogens is 479 g/mol. The molecule has 0 bridgehead atoms. The number of hydrogen-bond donors (Lipinski definition) is 1. The molecule has 1 rings (SSSR count). The average molecular weight is 512 g/mol. The number of nitrogens with one attached hydrogen (secondary N) is 1. The Kier molecular flexibility index (Phi) is 13.4. The third kappa shape index (κ3) is 9.61. The molecule has 0 aromatic heterocycles. The van der Waals surface area contributed by atoms with Gasteiger partial charge in [0.1, 0.15) is 12.4 Å². The van der Waals surface area contributed by atoms with Crippen molar-refractivity contribution < 1.29 is 13.2 Å². The van der Waals surface area contributed by atoms with Crippen LogP contribution in [0.3, 0.4) is 0 Å². The first kappa shape index (κ1) is 25.9. The minimum atomic E-state index is -3.26. The van der Waals surface area contributed by atoms with Gasteiger partial charge >= 0.3 is 0 Å². The molecule has 0 saturated carbocycles. The van der Waals surface area contributed by atoms with Gasteiger partial charge in [0.2, 0.25) is 10.0 Å². The fourth-order valence-electron chi connectivity index (χ4n) is 2.41. The van der Waals surface area contributed by atoms with Crippen molar-refractivity contribution in [1.29, 1.82) is 0 Å². The molecule has 7 nitrogen and oxygen atoms in total. The van der Waals surface area contributed by atoms with Crippen molar-refractivity contribution in [2.75, 3.05) is 52.1 Å². The number of likely N-dealkylation sites (N-methyl/N-ethyl adjacent to an activating group) is 1. The van der Waals surface area contributed by atoms with Crippen molar-refractivity contribution in [1.82, 2.24) is 14.5 Å². The van der Waals surface area contributed by atoms with Crippen molar-refractivity contribution in [3.63, 3.8) is 0 Å². The summed E-state index contributed by atoms with van der Waals surface area (Å²) in [6, 6.07) is 9.64. The summed E-state index contributed by atoms with van der Waals surface area (Å²) in [6.45, 7) is 8.74. The van der Waals surface area contributed by atoms with Crippen LogP contribution in [0.2, 0.25) is 0 Å². The summed E-state index contributed by atoms with van der Waals surface area (Å²) in [7, 11) is -1.35. The summed E-state index contributed by atoms with van der Waals surface area (Å²) in [5.74, 6) is 1.52. The van der Waals surface area contributed by atoms with Gasteiger partial charge < -0.3 is 15.0 Å². The lowest BCUT2D eigenvalue weighted by Gasteiger charge is -2.22. The summed E-state index contributed by atoms with van der Waals surface area (Å²) >= 11 is 0. The fourth-order valence-corrected chi connectivity index (χ4v) is 3.77. The van der Waals surface area contributed by atoms with Crippen LogP contribution in [-0.2, 0) is 10.0 Å². The Hall–Kier alpha value is -1.07. The van der Waals surface area contributed by atoms with Crippen LogP contribution in [0.15, 0.2) is 35.3 Å². The van der Waals surface area contributed by atoms with Gasteiger partial charge in [-0.3, -0.25) is 4.99 Å². The van der Waals surface area contributed by atoms with Gasteiger partial charge in [-0.25, -0.2) is 12.7 Å². The first-order chi connectivity index (χ1) is 12.4. The minimum Gasteiger partial charge on any atom is -0.492 e. The van der Waals surface area contributed by atoms with Crippen molar-refractivity contribution in [2.24, 2.45) is 4.99 Å². The number of halogens is 1. The van der Waals surface area contributed by atoms with Gasteiger partial charge in [0, 0.05) is 26.7 Å². The molecule has 9 heteroatoms. The number of ether oxygens (including phenoxy) is 1. The summed E-state index contributed by atoms with van der Waals surface area (Å²) in [4.78, 5) is 6.39. The van der Waals surface area contributed by atoms with Gasteiger partial charge in [-0.15, -0.1) is 24.0 Å². The number of aliphatic imine (C=N–C) groups is 1. The predicted molar refractivity (Wildman–Crippen MR) is 123 cm³/mol. The van der Waals surface area contributed by atoms with Gasteiger partial charge in [-0.2, -0.15) is 0 Å². The van der Waals surface area contributed by atoms with Crippen molar-refractivity contribution in [2.45, 2.75) is 20.8 Å². The maximum absolute atomic E-state index is 12.2. The summed E-state index contributed by atoms with van der Waals surface area (Å²) in [6.07, 6.45) is 0. The molecule has 0 aliphatic carbocycles. The SMILES string of the molecule is CCNC(=NCCS(=O)(=O)N(CC)CC)N(C)CCOc1ccccc1.I. The first-order valence-electron chi connectivity index (χ1n) is 9.09. The fraction of sp³-hybridized carbons (Fsp3) is 0.611. The average Bonchev–Trinajstić information content (AvgIpc) is 2.62. The first-order valence-corrected chi connectivity index (χ1v) is 10.7. The van der Waals surface area contributed by atoms with Crippen molar-refractivity contribution in [3.8, 4) is 5.75 Å². The number of rotatable bonds is 11. The normalized spacial score (nSPS) is 11.8. The lowest BCUT2D eigenvalue weighted by molar-refractivity contribution is 0.281. The second kappa shape index (κ2) is 14.0. The number of hydrogen-bond acceptors (Lipinski definition) is 4. The van der Waals surface area contributed by atoms with Crippen LogP contribution < -0.4 is 10.1 Å². The van der Waals surface area contributed by atoms with E-state index in [9.17, 15) is 8.42 Å². The minimum absolute atomic E-state index is 0. The van der Waals surface area contributed by atoms with E-state index >= 15 is 0 Å². The van der Waals surface area contributed by atoms with Crippen molar-refractivity contribution >= 4 is 40.0 Å². The Morgan fingerprint density at radius 1 is 1.15 bits per heavy atom. The number of para-hydroxylation sites is 1. The summed E-state index contributed by atoms with van der Waals surface area (Å²) < 4.78 is 31.6. The topological polar surface area (TPSA) is 74.2 Å². The van der Waals surface area contributed by atoms with E-state index in [1.54, 1.807) is 0 Å². The molecule has 0 spiro atoms. The van der Waals surface area contributed by atoms with Gasteiger partial charge in [0.25, 0.3) is 0 Å². The molecule has 0 aliphatic rings. The highest BCUT2D eigenvalue weighted by atomic mass is 127. The van der Waals surface area contributed by atoms with Crippen molar-refractivity contribution in [3.05, 3.63) is 30.3 Å². The largest absolute Gasteiger partial charge is 0.492 e. The van der Waals surface area contributed by atoms with Gasteiger partial charge in [0.15, 0.2) is 5.96 Å². The van der Waals surface area contributed by atoms with Crippen LogP contribution in [0.5, 0.6) is 5.75 Å². The van der Waals surface area contributed by atoms with Crippen LogP contribution in [0, 0.1) is 0 Å². The Bertz CT molecular complexity index is 637. The standard InChI is InChI=1S/C18H32N4O3S.HI/c1-5-19-18(20-13-16-26(23,24)22(6-2)7-3)21(4)14-15-25-17-11-9-8-10-12-17;/h8-12H,5-7,13-16H2,1-4H3,(H,19,20);1H. The molecule has 0 fully saturated rings. The van der Waals surface area contributed by atoms with Crippen LogP contribution in [0.4, 0.5) is 0 Å². The third-order valence-corrected chi connectivity index (χ3v) is 5.85. The molecular formula is C18H33IN4O3S. The number of benzene rings is 1. The zero-order valence-electron chi connectivity index (χ0n) is 16.7. The van der Waals surface area contributed by atoms with E-state index in [2.05, 4.69) is 10.3 Å². The molecule has 27 heavy (non-hydrogen) atoms. The number of guanidine groups is 1. The zero-order chi connectivity index (χ0) is 19.4. The molecule has 0 unspecified atom stereocenters. The molecule has 1 aromatic carbocycles. The Morgan fingerprint density at radius 3 is 2.33 bits per heavy atom. The zero-order valence-corrected chi connectivity index (χ0v) is 19.9. The van der Waals surface area contributed by atoms with E-state index in [1.165, 1.54) is 4.31 Å². The number of sulfonamides is 1. The molecule has 0 aliphatic heterocycles.